The molecule has 186 valence electrons. The van der Waals surface area contributed by atoms with Gasteiger partial charge in [-0.05, 0) is 97.5 Å². The molecule has 1 amide bonds. The molecule has 1 aromatic heterocycles. The van der Waals surface area contributed by atoms with Crippen LogP contribution in [0, 0.1) is 0 Å². The second-order valence-electron chi connectivity index (χ2n) is 8.66. The summed E-state index contributed by atoms with van der Waals surface area (Å²) >= 11 is 1.59. The van der Waals surface area contributed by atoms with Crippen molar-refractivity contribution in [2.45, 2.75) is 25.7 Å². The van der Waals surface area contributed by atoms with Gasteiger partial charge >= 0.3 is 5.97 Å². The number of benzene rings is 3. The van der Waals surface area contributed by atoms with Crippen LogP contribution in [0.5, 0.6) is 11.5 Å². The Bertz CT molecular complexity index is 1430. The molecule has 1 N–H and O–H groups in total. The quantitative estimate of drug-likeness (QED) is 0.167. The fraction of sp³-hybridized carbons (Fsp3) is 0.167. The molecule has 0 bridgehead atoms. The number of ether oxygens (including phenoxy) is 2. The third-order valence-electron chi connectivity index (χ3n) is 6.16. The number of aryl methyl sites for hydroxylation is 1. The summed E-state index contributed by atoms with van der Waals surface area (Å²) in [6.45, 7) is 0. The van der Waals surface area contributed by atoms with Crippen molar-refractivity contribution in [2.24, 2.45) is 4.99 Å². The zero-order valence-electron chi connectivity index (χ0n) is 20.4. The van der Waals surface area contributed by atoms with Gasteiger partial charge in [0.15, 0.2) is 0 Å². The van der Waals surface area contributed by atoms with E-state index in [-0.39, 0.29) is 5.91 Å². The predicted molar refractivity (Wildman–Crippen MR) is 147 cm³/mol. The van der Waals surface area contributed by atoms with Gasteiger partial charge in [-0.3, -0.25) is 4.79 Å². The minimum atomic E-state index is -0.442. The van der Waals surface area contributed by atoms with Gasteiger partial charge in [0.1, 0.15) is 16.5 Å². The average Bonchev–Trinajstić information content (AvgIpc) is 3.32. The van der Waals surface area contributed by atoms with Gasteiger partial charge < -0.3 is 14.8 Å². The number of anilines is 1. The van der Waals surface area contributed by atoms with Crippen LogP contribution in [0.1, 0.15) is 49.6 Å². The molecule has 5 rings (SSSR count). The van der Waals surface area contributed by atoms with Gasteiger partial charge in [-0.1, -0.05) is 18.2 Å². The van der Waals surface area contributed by atoms with E-state index in [1.807, 2.05) is 42.5 Å². The Kier molecular flexibility index (Phi) is 7.42. The summed E-state index contributed by atoms with van der Waals surface area (Å²) in [7, 11) is 1.57. The molecule has 37 heavy (non-hydrogen) atoms. The number of carbonyl (C=O) groups excluding carboxylic acids is 2. The smallest absolute Gasteiger partial charge is 0.343 e. The van der Waals surface area contributed by atoms with E-state index < -0.39 is 5.97 Å². The van der Waals surface area contributed by atoms with Gasteiger partial charge in [-0.2, -0.15) is 0 Å². The number of hydrogen-bond acceptors (Lipinski definition) is 6. The monoisotopic (exact) mass is 510 g/mol. The fourth-order valence-electron chi connectivity index (χ4n) is 4.24. The van der Waals surface area contributed by atoms with E-state index in [1.165, 1.54) is 4.88 Å². The molecule has 4 aromatic rings. The second kappa shape index (κ2) is 11.2. The molecule has 0 unspecified atom stereocenters. The molecule has 1 heterocycles. The Hall–Kier alpha value is -4.23. The third-order valence-corrected chi connectivity index (χ3v) is 7.36. The molecule has 3 aromatic carbocycles. The number of thiophene rings is 1. The molecule has 7 heteroatoms. The number of nitrogens with zero attached hydrogens (tertiary/aromatic N) is 1. The minimum Gasteiger partial charge on any atom is -0.497 e. The molecule has 0 saturated heterocycles. The maximum atomic E-state index is 13.2. The van der Waals surface area contributed by atoms with Crippen LogP contribution in [0.15, 0.2) is 83.9 Å². The van der Waals surface area contributed by atoms with Crippen LogP contribution in [-0.4, -0.2) is 25.2 Å². The first-order valence-electron chi connectivity index (χ1n) is 12.1. The maximum absolute atomic E-state index is 13.2. The van der Waals surface area contributed by atoms with Gasteiger partial charge in [0.2, 0.25) is 0 Å². The molecular formula is C30H26N2O4S. The van der Waals surface area contributed by atoms with Crippen molar-refractivity contribution in [3.8, 4) is 11.5 Å². The lowest BCUT2D eigenvalue weighted by atomic mass is 9.95. The molecule has 6 nitrogen and oxygen atoms in total. The van der Waals surface area contributed by atoms with Crippen molar-refractivity contribution in [2.75, 3.05) is 12.4 Å². The SMILES string of the molecule is COc1ccc(C(=O)Oc2ccc(C=Nc3sc4c(c3C(=O)Nc3ccccc3)CCCC4)cc2)cc1. The number of aliphatic imine (C=N–C) groups is 1. The minimum absolute atomic E-state index is 0.126. The van der Waals surface area contributed by atoms with E-state index in [2.05, 4.69) is 5.32 Å². The zero-order chi connectivity index (χ0) is 25.6. The predicted octanol–water partition coefficient (Wildman–Crippen LogP) is 6.86. The van der Waals surface area contributed by atoms with Gasteiger partial charge in [-0.15, -0.1) is 11.3 Å². The Balaban J connectivity index is 1.31. The summed E-state index contributed by atoms with van der Waals surface area (Å²) in [5.41, 5.74) is 3.83. The highest BCUT2D eigenvalue weighted by atomic mass is 32.1. The number of esters is 1. The topological polar surface area (TPSA) is 77.0 Å². The lowest BCUT2D eigenvalue weighted by molar-refractivity contribution is 0.0734. The Morgan fingerprint density at radius 3 is 2.32 bits per heavy atom. The molecule has 0 spiro atoms. The van der Waals surface area contributed by atoms with Crippen molar-refractivity contribution >= 4 is 40.1 Å². The molecular weight excluding hydrogens is 484 g/mol. The largest absolute Gasteiger partial charge is 0.497 e. The Morgan fingerprint density at radius 1 is 0.892 bits per heavy atom. The van der Waals surface area contributed by atoms with Crippen molar-refractivity contribution < 1.29 is 19.1 Å². The number of rotatable bonds is 7. The third kappa shape index (κ3) is 5.78. The summed E-state index contributed by atoms with van der Waals surface area (Å²) in [4.78, 5) is 31.6. The number of nitrogens with one attached hydrogen (secondary N) is 1. The fourth-order valence-corrected chi connectivity index (χ4v) is 5.47. The number of methoxy groups -OCH3 is 1. The summed E-state index contributed by atoms with van der Waals surface area (Å²) in [5, 5.41) is 3.73. The summed E-state index contributed by atoms with van der Waals surface area (Å²) < 4.78 is 10.6. The van der Waals surface area contributed by atoms with Gasteiger partial charge in [-0.25, -0.2) is 9.79 Å². The highest BCUT2D eigenvalue weighted by Gasteiger charge is 2.25. The lowest BCUT2D eigenvalue weighted by Gasteiger charge is -2.12. The van der Waals surface area contributed by atoms with Crippen LogP contribution in [0.4, 0.5) is 10.7 Å². The highest BCUT2D eigenvalue weighted by molar-refractivity contribution is 7.16. The van der Waals surface area contributed by atoms with Crippen molar-refractivity contribution in [3.63, 3.8) is 0 Å². The van der Waals surface area contributed by atoms with Gasteiger partial charge in [0.25, 0.3) is 5.91 Å². The Labute approximate surface area is 219 Å². The van der Waals surface area contributed by atoms with Crippen LogP contribution in [-0.2, 0) is 12.8 Å². The first kappa shape index (κ1) is 24.5. The van der Waals surface area contributed by atoms with E-state index in [0.717, 1.165) is 47.5 Å². The first-order valence-corrected chi connectivity index (χ1v) is 12.9. The molecule has 0 saturated carbocycles. The van der Waals surface area contributed by atoms with Crippen LogP contribution in [0.3, 0.4) is 0 Å². The van der Waals surface area contributed by atoms with Crippen LogP contribution in [0.2, 0.25) is 0 Å². The van der Waals surface area contributed by atoms with E-state index in [9.17, 15) is 9.59 Å². The molecule has 0 atom stereocenters. The van der Waals surface area contributed by atoms with Gasteiger partial charge in [0.05, 0.1) is 18.2 Å². The van der Waals surface area contributed by atoms with E-state index in [1.54, 1.807) is 61.1 Å². The number of para-hydroxylation sites is 1. The normalized spacial score (nSPS) is 12.7. The van der Waals surface area contributed by atoms with E-state index in [4.69, 9.17) is 14.5 Å². The van der Waals surface area contributed by atoms with E-state index in [0.29, 0.717) is 22.6 Å². The number of carbonyl (C=O) groups is 2. The van der Waals surface area contributed by atoms with Crippen molar-refractivity contribution in [1.29, 1.82) is 0 Å². The number of amides is 1. The van der Waals surface area contributed by atoms with Crippen molar-refractivity contribution in [1.82, 2.24) is 0 Å². The molecule has 1 aliphatic rings. The molecule has 0 aliphatic heterocycles. The first-order chi connectivity index (χ1) is 18.1. The second-order valence-corrected chi connectivity index (χ2v) is 9.74. The summed E-state index contributed by atoms with van der Waals surface area (Å²) in [5.74, 6) is 0.542. The standard InChI is InChI=1S/C30H26N2O4S/c1-35-23-17-13-21(14-18-23)30(34)36-24-15-11-20(12-16-24)19-31-29-27(25-9-5-6-10-26(25)37-29)28(33)32-22-7-3-2-4-8-22/h2-4,7-8,11-19H,5-6,9-10H2,1H3,(H,32,33). The zero-order valence-corrected chi connectivity index (χ0v) is 21.2. The highest BCUT2D eigenvalue weighted by Crippen LogP contribution is 2.40. The average molecular weight is 511 g/mol. The van der Waals surface area contributed by atoms with Crippen LogP contribution >= 0.6 is 11.3 Å². The lowest BCUT2D eigenvalue weighted by Crippen LogP contribution is -2.14. The maximum Gasteiger partial charge on any atom is 0.343 e. The molecule has 0 fully saturated rings. The number of hydrogen-bond donors (Lipinski definition) is 1. The Morgan fingerprint density at radius 2 is 1.59 bits per heavy atom. The van der Waals surface area contributed by atoms with Crippen LogP contribution < -0.4 is 14.8 Å². The summed E-state index contributed by atoms with van der Waals surface area (Å²) in [6, 6.07) is 23.3. The number of fused-ring (bicyclic) bond motifs is 1. The molecule has 0 radical (unpaired) electrons. The molecule has 1 aliphatic carbocycles. The summed E-state index contributed by atoms with van der Waals surface area (Å²) in [6.07, 6.45) is 5.83. The van der Waals surface area contributed by atoms with Crippen molar-refractivity contribution in [3.05, 3.63) is 106 Å². The van der Waals surface area contributed by atoms with E-state index >= 15 is 0 Å². The van der Waals surface area contributed by atoms with Crippen LogP contribution in [0.25, 0.3) is 0 Å². The van der Waals surface area contributed by atoms with Gasteiger partial charge in [0, 0.05) is 16.8 Å².